The lowest BCUT2D eigenvalue weighted by molar-refractivity contribution is -0.515. The van der Waals surface area contributed by atoms with Crippen molar-refractivity contribution < 1.29 is 19.2 Å². The minimum atomic E-state index is -0.335. The van der Waals surface area contributed by atoms with Crippen molar-refractivity contribution in [2.75, 3.05) is 14.2 Å². The molecule has 0 heterocycles. The molecule has 0 aliphatic heterocycles. The molecule has 0 fully saturated rings. The lowest BCUT2D eigenvalue weighted by atomic mass is 10.3. The summed E-state index contributed by atoms with van der Waals surface area (Å²) in [5.41, 5.74) is 0. The number of hydrogen-bond acceptors (Lipinski definition) is 3. The Kier molecular flexibility index (Phi) is 4.45. The van der Waals surface area contributed by atoms with E-state index in [2.05, 4.69) is 11.5 Å². The number of methoxy groups -OCH3 is 1. The Bertz CT molecular complexity index is 156. The normalized spacial score (nSPS) is 9.82. The number of carbonyl (C=O) groups is 1. The summed E-state index contributed by atoms with van der Waals surface area (Å²) >= 11 is 0. The van der Waals surface area contributed by atoms with Gasteiger partial charge in [0.05, 0.1) is 20.0 Å². The van der Waals surface area contributed by atoms with E-state index < -0.39 is 0 Å². The molecule has 0 atom stereocenters. The molecule has 0 aromatic heterocycles. The Labute approximate surface area is 66.1 Å². The maximum Gasteiger partial charge on any atom is 0.358 e. The van der Waals surface area contributed by atoms with E-state index in [0.29, 0.717) is 0 Å². The Balaban J connectivity index is 3.54. The average Bonchev–Trinajstić information content (AvgIpc) is 1.99. The molecule has 0 aromatic rings. The highest BCUT2D eigenvalue weighted by Gasteiger charge is 2.16. The standard InChI is InChI=1S/C7H13NO3/c1-8(2)6(9)4-5-7(10)11-3/h9H,1,4-5H2,2-3H3/q+1. The number of aliphatic hydroxyl groups excluding tert-OH is 1. The minimum Gasteiger partial charge on any atom is -0.469 e. The number of nitrogens with zero attached hydrogens (tertiary/aromatic N) is 1. The predicted molar refractivity (Wildman–Crippen MR) is 39.7 cm³/mol. The van der Waals surface area contributed by atoms with E-state index in [9.17, 15) is 4.79 Å². The molecule has 0 rings (SSSR count). The average molecular weight is 159 g/mol. The summed E-state index contributed by atoms with van der Waals surface area (Å²) in [6.45, 7) is 3.44. The number of carbonyl (C=O) groups excluding carboxylic acids is 1. The lowest BCUT2D eigenvalue weighted by Gasteiger charge is -2.00. The highest BCUT2D eigenvalue weighted by molar-refractivity contribution is 5.69. The van der Waals surface area contributed by atoms with Gasteiger partial charge in [0.25, 0.3) is 0 Å². The smallest absolute Gasteiger partial charge is 0.358 e. The minimum absolute atomic E-state index is 0.0791. The van der Waals surface area contributed by atoms with Crippen LogP contribution in [0.1, 0.15) is 12.8 Å². The van der Waals surface area contributed by atoms with Crippen LogP contribution < -0.4 is 0 Å². The van der Waals surface area contributed by atoms with Crippen LogP contribution in [0.15, 0.2) is 0 Å². The summed E-state index contributed by atoms with van der Waals surface area (Å²) in [5, 5.41) is 9.04. The summed E-state index contributed by atoms with van der Waals surface area (Å²) in [7, 11) is 2.92. The summed E-state index contributed by atoms with van der Waals surface area (Å²) in [6.07, 6.45) is 0.532. The van der Waals surface area contributed by atoms with E-state index in [4.69, 9.17) is 5.11 Å². The molecule has 4 heteroatoms. The van der Waals surface area contributed by atoms with Gasteiger partial charge in [0.2, 0.25) is 0 Å². The highest BCUT2D eigenvalue weighted by Crippen LogP contribution is 2.04. The van der Waals surface area contributed by atoms with Crippen LogP contribution in [0.5, 0.6) is 0 Å². The molecule has 0 saturated heterocycles. The van der Waals surface area contributed by atoms with Crippen LogP contribution in [-0.2, 0) is 9.53 Å². The van der Waals surface area contributed by atoms with Crippen molar-refractivity contribution in [3.63, 3.8) is 0 Å². The molecule has 0 aromatic carbocycles. The predicted octanol–water partition coefficient (Wildman–Crippen LogP) is 0.144. The van der Waals surface area contributed by atoms with Gasteiger partial charge in [-0.15, -0.1) is 0 Å². The van der Waals surface area contributed by atoms with Gasteiger partial charge >= 0.3 is 12.2 Å². The van der Waals surface area contributed by atoms with Gasteiger partial charge in [-0.1, -0.05) is 0 Å². The van der Waals surface area contributed by atoms with Gasteiger partial charge in [-0.25, -0.2) is 4.58 Å². The van der Waals surface area contributed by atoms with Crippen molar-refractivity contribution in [2.24, 2.45) is 0 Å². The first-order valence-electron chi connectivity index (χ1n) is 3.23. The van der Waals surface area contributed by atoms with Crippen LogP contribution >= 0.6 is 0 Å². The quantitative estimate of drug-likeness (QED) is 0.361. The van der Waals surface area contributed by atoms with Gasteiger partial charge in [-0.05, 0) is 0 Å². The fraction of sp³-hybridized carbons (Fsp3) is 0.571. The molecule has 0 aliphatic rings. The van der Waals surface area contributed by atoms with E-state index in [1.54, 1.807) is 7.05 Å². The Morgan fingerprint density at radius 1 is 1.64 bits per heavy atom. The van der Waals surface area contributed by atoms with Crippen molar-refractivity contribution in [2.45, 2.75) is 12.8 Å². The summed E-state index contributed by atoms with van der Waals surface area (Å²) in [4.78, 5) is 10.6. The summed E-state index contributed by atoms with van der Waals surface area (Å²) in [6, 6.07) is 0. The fourth-order valence-corrected chi connectivity index (χ4v) is 0.507. The number of ether oxygens (including phenoxy) is 1. The monoisotopic (exact) mass is 159 g/mol. The van der Waals surface area contributed by atoms with E-state index in [-0.39, 0.29) is 25.0 Å². The molecular weight excluding hydrogens is 146 g/mol. The number of aliphatic hydroxyl groups is 1. The zero-order valence-corrected chi connectivity index (χ0v) is 6.83. The van der Waals surface area contributed by atoms with Crippen LogP contribution in [0.3, 0.4) is 0 Å². The Morgan fingerprint density at radius 3 is 2.55 bits per heavy atom. The van der Waals surface area contributed by atoms with Crippen LogP contribution in [-0.4, -0.2) is 36.5 Å². The van der Waals surface area contributed by atoms with E-state index in [1.165, 1.54) is 11.7 Å². The molecule has 11 heavy (non-hydrogen) atoms. The SMILES string of the molecule is C=[N+](C)[C](O)CCC(=O)OC. The van der Waals surface area contributed by atoms with Crippen molar-refractivity contribution in [1.29, 1.82) is 0 Å². The van der Waals surface area contributed by atoms with E-state index in [0.717, 1.165) is 0 Å². The maximum atomic E-state index is 10.6. The van der Waals surface area contributed by atoms with Gasteiger partial charge in [0.1, 0.15) is 13.8 Å². The highest BCUT2D eigenvalue weighted by atomic mass is 16.5. The lowest BCUT2D eigenvalue weighted by Crippen LogP contribution is -2.13. The van der Waals surface area contributed by atoms with Crippen LogP contribution in [0.2, 0.25) is 0 Å². The molecule has 0 bridgehead atoms. The maximum absolute atomic E-state index is 10.6. The fourth-order valence-electron chi connectivity index (χ4n) is 0.507. The van der Waals surface area contributed by atoms with Crippen LogP contribution in [0, 0.1) is 6.23 Å². The molecule has 63 valence electrons. The third kappa shape index (κ3) is 4.50. The summed E-state index contributed by atoms with van der Waals surface area (Å²) < 4.78 is 5.69. The van der Waals surface area contributed by atoms with Crippen molar-refractivity contribution in [3.05, 3.63) is 6.23 Å². The largest absolute Gasteiger partial charge is 0.469 e. The van der Waals surface area contributed by atoms with Crippen molar-refractivity contribution in [3.8, 4) is 0 Å². The van der Waals surface area contributed by atoms with E-state index in [1.807, 2.05) is 0 Å². The number of esters is 1. The Morgan fingerprint density at radius 2 is 2.18 bits per heavy atom. The molecule has 0 unspecified atom stereocenters. The van der Waals surface area contributed by atoms with Gasteiger partial charge in [0, 0.05) is 0 Å². The van der Waals surface area contributed by atoms with Gasteiger partial charge in [0.15, 0.2) is 0 Å². The number of rotatable bonds is 4. The molecule has 0 aliphatic carbocycles. The Hall–Kier alpha value is -0.900. The topological polar surface area (TPSA) is 49.5 Å². The van der Waals surface area contributed by atoms with Gasteiger partial charge < -0.3 is 9.84 Å². The van der Waals surface area contributed by atoms with Crippen molar-refractivity contribution in [1.82, 2.24) is 0 Å². The second-order valence-corrected chi connectivity index (χ2v) is 2.19. The molecule has 0 spiro atoms. The molecule has 4 nitrogen and oxygen atoms in total. The van der Waals surface area contributed by atoms with Gasteiger partial charge in [-0.3, -0.25) is 4.79 Å². The van der Waals surface area contributed by atoms with Crippen LogP contribution in [0.25, 0.3) is 0 Å². The van der Waals surface area contributed by atoms with Crippen molar-refractivity contribution >= 4 is 12.7 Å². The molecule has 0 saturated carbocycles. The third-order valence-electron chi connectivity index (χ3n) is 1.22. The summed E-state index contributed by atoms with van der Waals surface area (Å²) in [5.74, 6) is -0.335. The second kappa shape index (κ2) is 4.85. The molecule has 1 radical (unpaired) electrons. The van der Waals surface area contributed by atoms with Gasteiger partial charge in [-0.2, -0.15) is 0 Å². The van der Waals surface area contributed by atoms with E-state index >= 15 is 0 Å². The number of hydrogen-bond donors (Lipinski definition) is 1. The first-order valence-corrected chi connectivity index (χ1v) is 3.23. The molecular formula is C7H13NO3+. The molecule has 0 amide bonds. The zero-order valence-electron chi connectivity index (χ0n) is 6.83. The van der Waals surface area contributed by atoms with Crippen LogP contribution in [0.4, 0.5) is 0 Å². The first-order chi connectivity index (χ1) is 5.07. The zero-order chi connectivity index (χ0) is 8.85. The third-order valence-corrected chi connectivity index (χ3v) is 1.22. The first kappa shape index (κ1) is 10.1. The second-order valence-electron chi connectivity index (χ2n) is 2.19. The molecule has 1 N–H and O–H groups in total.